The molecule has 2 aromatic rings. The number of likely N-dealkylation sites (N-methyl/N-ethyl adjacent to an activating group) is 1. The van der Waals surface area contributed by atoms with Crippen molar-refractivity contribution in [3.05, 3.63) is 76.0 Å². The van der Waals surface area contributed by atoms with Crippen LogP contribution in [-0.2, 0) is 26.2 Å². The molecule has 6 aliphatic rings. The zero-order valence-corrected chi connectivity index (χ0v) is 37.0. The lowest BCUT2D eigenvalue weighted by Gasteiger charge is -2.64. The summed E-state index contributed by atoms with van der Waals surface area (Å²) in [5.41, 5.74) is 4.82. The van der Waals surface area contributed by atoms with Gasteiger partial charge in [-0.3, -0.25) is 14.4 Å². The SMILES string of the molecule is C=C(C)[C@H]1C(=O)c2c3c(cc4c5c(n1c24)[C@@]1(C)C(CC[C@H]2[C@](C)(/C=C/C=C(\C)C(=O)NC(C)(C)C(=O)N(C)C)[C@@H](O)CC[C@@]21C)C5)C1=CC(C)(C)OC(C)(C)C1[C@@H]3O. The first-order chi connectivity index (χ1) is 26.7. The van der Waals surface area contributed by atoms with Gasteiger partial charge in [-0.1, -0.05) is 51.2 Å². The first-order valence-corrected chi connectivity index (χ1v) is 21.4. The molecule has 9 nitrogen and oxygen atoms in total. The third-order valence-electron chi connectivity index (χ3n) is 16.1. The number of carbonyl (C=O) groups is 3. The lowest BCUT2D eigenvalue weighted by Crippen LogP contribution is -2.62. The number of Topliss-reactive ketones (excluding diaryl/α,β-unsaturated/α-hetero) is 1. The highest BCUT2D eigenvalue weighted by molar-refractivity contribution is 6.18. The fourth-order valence-electron chi connectivity index (χ4n) is 13.6. The van der Waals surface area contributed by atoms with Crippen LogP contribution in [0.15, 0.2) is 48.1 Å². The highest BCUT2D eigenvalue weighted by Crippen LogP contribution is 2.71. The lowest BCUT2D eigenvalue weighted by molar-refractivity contribution is -0.144. The molecule has 2 amide bonds. The number of allylic oxidation sites excluding steroid dienone is 3. The van der Waals surface area contributed by atoms with Crippen molar-refractivity contribution in [3.63, 3.8) is 0 Å². The molecule has 58 heavy (non-hydrogen) atoms. The molecule has 9 heteroatoms. The Hall–Kier alpha value is -3.79. The highest BCUT2D eigenvalue weighted by atomic mass is 16.5. The van der Waals surface area contributed by atoms with E-state index in [0.717, 1.165) is 58.9 Å². The molecule has 2 aliphatic heterocycles. The van der Waals surface area contributed by atoms with Crippen molar-refractivity contribution in [1.29, 1.82) is 0 Å². The third kappa shape index (κ3) is 5.27. The molecular weight excluding hydrogens is 727 g/mol. The maximum atomic E-state index is 15.0. The number of benzene rings is 1. The van der Waals surface area contributed by atoms with E-state index < -0.39 is 40.4 Å². The predicted molar refractivity (Wildman–Crippen MR) is 228 cm³/mol. The molecular formula is C49H65N3O6. The van der Waals surface area contributed by atoms with Crippen LogP contribution in [0.25, 0.3) is 16.5 Å². The van der Waals surface area contributed by atoms with Crippen LogP contribution in [0.4, 0.5) is 0 Å². The maximum Gasteiger partial charge on any atom is 0.247 e. The van der Waals surface area contributed by atoms with Crippen molar-refractivity contribution in [2.24, 2.45) is 28.6 Å². The molecule has 9 atom stereocenters. The Morgan fingerprint density at radius 3 is 2.36 bits per heavy atom. The number of ether oxygens (including phenoxy) is 1. The maximum absolute atomic E-state index is 15.0. The minimum absolute atomic E-state index is 0.0143. The monoisotopic (exact) mass is 791 g/mol. The molecule has 2 saturated carbocycles. The van der Waals surface area contributed by atoms with Gasteiger partial charge in [-0.15, -0.1) is 0 Å². The van der Waals surface area contributed by atoms with E-state index in [0.29, 0.717) is 23.5 Å². The second-order valence-corrected chi connectivity index (χ2v) is 21.3. The molecule has 8 rings (SSSR count). The summed E-state index contributed by atoms with van der Waals surface area (Å²) in [4.78, 5) is 42.4. The summed E-state index contributed by atoms with van der Waals surface area (Å²) in [5, 5.41) is 28.1. The number of amides is 2. The number of aliphatic hydroxyl groups is 2. The Morgan fingerprint density at radius 1 is 1.05 bits per heavy atom. The van der Waals surface area contributed by atoms with Gasteiger partial charge in [0.25, 0.3) is 0 Å². The van der Waals surface area contributed by atoms with Crippen molar-refractivity contribution in [2.45, 2.75) is 149 Å². The lowest BCUT2D eigenvalue weighted by atomic mass is 9.40. The molecule has 0 saturated heterocycles. The Kier molecular flexibility index (Phi) is 8.91. The summed E-state index contributed by atoms with van der Waals surface area (Å²) in [5.74, 6) is -0.314. The summed E-state index contributed by atoms with van der Waals surface area (Å²) in [6, 6.07) is 1.74. The fourth-order valence-corrected chi connectivity index (χ4v) is 13.6. The first-order valence-electron chi connectivity index (χ1n) is 21.4. The van der Waals surface area contributed by atoms with Gasteiger partial charge in [0.1, 0.15) is 11.6 Å². The van der Waals surface area contributed by atoms with Gasteiger partial charge in [0.05, 0.1) is 34.5 Å². The van der Waals surface area contributed by atoms with Gasteiger partial charge in [0.15, 0.2) is 5.78 Å². The summed E-state index contributed by atoms with van der Waals surface area (Å²) in [6.07, 6.45) is 10.9. The molecule has 1 aromatic carbocycles. The molecule has 0 radical (unpaired) electrons. The van der Waals surface area contributed by atoms with Crippen LogP contribution in [-0.4, -0.2) is 74.2 Å². The molecule has 312 valence electrons. The Balaban J connectivity index is 1.23. The van der Waals surface area contributed by atoms with Gasteiger partial charge in [-0.05, 0) is 134 Å². The van der Waals surface area contributed by atoms with Crippen LogP contribution in [0.1, 0.15) is 147 Å². The number of hydrogen-bond donors (Lipinski definition) is 3. The van der Waals surface area contributed by atoms with Gasteiger partial charge in [-0.2, -0.15) is 0 Å². The topological polar surface area (TPSA) is 121 Å². The fraction of sp³-hybridized carbons (Fsp3) is 0.612. The van der Waals surface area contributed by atoms with E-state index in [1.54, 1.807) is 40.9 Å². The molecule has 0 bridgehead atoms. The van der Waals surface area contributed by atoms with Crippen LogP contribution >= 0.6 is 0 Å². The second kappa shape index (κ2) is 12.6. The van der Waals surface area contributed by atoms with Gasteiger partial charge in [0.2, 0.25) is 11.8 Å². The summed E-state index contributed by atoms with van der Waals surface area (Å²) in [7, 11) is 3.34. The zero-order valence-electron chi connectivity index (χ0n) is 37.0. The van der Waals surface area contributed by atoms with Crippen molar-refractivity contribution in [1.82, 2.24) is 14.8 Å². The number of aromatic nitrogens is 1. The summed E-state index contributed by atoms with van der Waals surface area (Å²) < 4.78 is 8.89. The number of fused-ring (bicyclic) bond motifs is 11. The normalized spacial score (nSPS) is 35.6. The van der Waals surface area contributed by atoms with Gasteiger partial charge in [-0.25, -0.2) is 0 Å². The minimum Gasteiger partial charge on any atom is -0.392 e. The number of aliphatic hydroxyl groups excluding tert-OH is 2. The Labute approximate surface area is 344 Å². The number of rotatable bonds is 6. The number of carbonyl (C=O) groups excluding carboxylic acids is 3. The van der Waals surface area contributed by atoms with Crippen molar-refractivity contribution in [3.8, 4) is 0 Å². The van der Waals surface area contributed by atoms with Crippen LogP contribution < -0.4 is 5.32 Å². The van der Waals surface area contributed by atoms with Crippen molar-refractivity contribution >= 4 is 34.1 Å². The van der Waals surface area contributed by atoms with E-state index in [4.69, 9.17) is 4.74 Å². The minimum atomic E-state index is -1.06. The van der Waals surface area contributed by atoms with Crippen LogP contribution in [0.5, 0.6) is 0 Å². The molecule has 2 unspecified atom stereocenters. The van der Waals surface area contributed by atoms with E-state index in [9.17, 15) is 24.6 Å². The molecule has 4 aliphatic carbocycles. The Morgan fingerprint density at radius 2 is 1.72 bits per heavy atom. The van der Waals surface area contributed by atoms with E-state index >= 15 is 0 Å². The third-order valence-corrected chi connectivity index (χ3v) is 16.1. The smallest absolute Gasteiger partial charge is 0.247 e. The van der Waals surface area contributed by atoms with Crippen LogP contribution in [0, 0.1) is 28.6 Å². The van der Waals surface area contributed by atoms with Gasteiger partial charge in [0, 0.05) is 53.1 Å². The Bertz CT molecular complexity index is 2300. The first kappa shape index (κ1) is 41.0. The zero-order chi connectivity index (χ0) is 42.6. The quantitative estimate of drug-likeness (QED) is 0.155. The van der Waals surface area contributed by atoms with Crippen LogP contribution in [0.2, 0.25) is 0 Å². The number of ketones is 1. The van der Waals surface area contributed by atoms with E-state index in [1.807, 2.05) is 13.0 Å². The summed E-state index contributed by atoms with van der Waals surface area (Å²) >= 11 is 0. The van der Waals surface area contributed by atoms with E-state index in [1.165, 1.54) is 16.2 Å². The standard InChI is InChI=1S/C49H65N3O6/c1-25(2)37-40(55)35-34-28(31-24-44(4,5)58-46(8,9)36(31)39(34)54)23-29-30-22-27-17-18-32-47(10,20-15-16-26(3)42(56)50-45(6,7)43(57)51(13)14)33(53)19-21-48(32,11)49(27,12)41(30)52(37)38(29)35/h15-16,20,23-24,27,32-33,36-37,39,53-54H,1,17-19,21-22H2,2-14H3,(H,50,56)/b20-15+,26-16+/t27?,32-,33-,36?,37-,39+,47-,48-,49+/m0/s1. The van der Waals surface area contributed by atoms with Gasteiger partial charge >= 0.3 is 0 Å². The molecule has 1 aromatic heterocycles. The largest absolute Gasteiger partial charge is 0.392 e. The predicted octanol–water partition coefficient (Wildman–Crippen LogP) is 8.08. The van der Waals surface area contributed by atoms with Crippen molar-refractivity contribution < 1.29 is 29.3 Å². The number of nitrogens with zero attached hydrogens (tertiary/aromatic N) is 2. The second-order valence-electron chi connectivity index (χ2n) is 21.3. The number of hydrogen-bond acceptors (Lipinski definition) is 6. The van der Waals surface area contributed by atoms with Crippen molar-refractivity contribution in [2.75, 3.05) is 14.1 Å². The molecule has 2 fully saturated rings. The highest BCUT2D eigenvalue weighted by Gasteiger charge is 2.68. The van der Waals surface area contributed by atoms with Gasteiger partial charge < -0.3 is 29.7 Å². The average molecular weight is 792 g/mol. The van der Waals surface area contributed by atoms with Crippen LogP contribution in [0.3, 0.4) is 0 Å². The van der Waals surface area contributed by atoms with E-state index in [-0.39, 0.29) is 40.3 Å². The van der Waals surface area contributed by atoms with E-state index in [2.05, 4.69) is 83.1 Å². The average Bonchev–Trinajstić information content (AvgIpc) is 3.78. The molecule has 3 N–H and O–H groups in total. The summed E-state index contributed by atoms with van der Waals surface area (Å²) in [6.45, 7) is 26.8. The number of nitrogens with one attached hydrogen (secondary N) is 1. The molecule has 3 heterocycles. The molecule has 0 spiro atoms.